The number of amides is 1. The van der Waals surface area contributed by atoms with Crippen molar-refractivity contribution in [3.05, 3.63) is 17.5 Å². The molecule has 1 aromatic rings. The zero-order valence-corrected chi connectivity index (χ0v) is 14.7. The van der Waals surface area contributed by atoms with Gasteiger partial charge >= 0.3 is 0 Å². The van der Waals surface area contributed by atoms with Crippen molar-refractivity contribution in [3.8, 4) is 0 Å². The van der Waals surface area contributed by atoms with Crippen LogP contribution in [0.1, 0.15) is 31.3 Å². The number of carbonyl (C=O) groups excluding carboxylic acids is 1. The highest BCUT2D eigenvalue weighted by Crippen LogP contribution is 2.25. The second-order valence-electron chi connectivity index (χ2n) is 6.98. The Balaban J connectivity index is 1.67. The van der Waals surface area contributed by atoms with Gasteiger partial charge in [0.2, 0.25) is 5.91 Å². The molecule has 2 saturated heterocycles. The first-order valence-electron chi connectivity index (χ1n) is 8.60. The molecule has 2 aliphatic rings. The zero-order chi connectivity index (χ0) is 16.6. The highest BCUT2D eigenvalue weighted by atomic mass is 16.5. The third-order valence-corrected chi connectivity index (χ3v) is 5.17. The first-order chi connectivity index (χ1) is 11.0. The lowest BCUT2D eigenvalue weighted by molar-refractivity contribution is -0.133. The van der Waals surface area contributed by atoms with Crippen LogP contribution >= 0.6 is 0 Å². The van der Waals surface area contributed by atoms with E-state index in [4.69, 9.17) is 4.74 Å². The van der Waals surface area contributed by atoms with Crippen LogP contribution in [0.15, 0.2) is 6.07 Å². The summed E-state index contributed by atoms with van der Waals surface area (Å²) in [6.07, 6.45) is 0. The molecule has 6 nitrogen and oxygen atoms in total. The average molecular weight is 320 g/mol. The number of morpholine rings is 1. The molecule has 3 rings (SSSR count). The molecule has 0 bridgehead atoms. The van der Waals surface area contributed by atoms with E-state index in [2.05, 4.69) is 16.9 Å². The maximum Gasteiger partial charge on any atom is 0.247 e. The molecule has 2 fully saturated rings. The van der Waals surface area contributed by atoms with Gasteiger partial charge in [0.25, 0.3) is 0 Å². The number of hydrogen-bond donors (Lipinski definition) is 0. The van der Waals surface area contributed by atoms with Crippen molar-refractivity contribution in [2.24, 2.45) is 5.92 Å². The number of rotatable bonds is 3. The predicted molar refractivity (Wildman–Crippen MR) is 88.3 cm³/mol. The van der Waals surface area contributed by atoms with Crippen molar-refractivity contribution in [1.29, 1.82) is 0 Å². The smallest absolute Gasteiger partial charge is 0.247 e. The van der Waals surface area contributed by atoms with Gasteiger partial charge < -0.3 is 9.64 Å². The summed E-state index contributed by atoms with van der Waals surface area (Å²) in [6, 6.07) is 2.24. The van der Waals surface area contributed by atoms with E-state index < -0.39 is 0 Å². The number of aromatic nitrogens is 2. The van der Waals surface area contributed by atoms with Crippen molar-refractivity contribution in [1.82, 2.24) is 19.6 Å². The van der Waals surface area contributed by atoms with Gasteiger partial charge in [-0.2, -0.15) is 5.10 Å². The SMILES string of the molecule is Cc1cc(C)n([C@H](C)C(=O)N2C[C@@H](C)[C@H](N3CCOCC3)C2)n1. The Kier molecular flexibility index (Phi) is 4.73. The largest absolute Gasteiger partial charge is 0.379 e. The molecule has 0 N–H and O–H groups in total. The summed E-state index contributed by atoms with van der Waals surface area (Å²) in [5.41, 5.74) is 2.00. The van der Waals surface area contributed by atoms with Crippen LogP contribution in [0.3, 0.4) is 0 Å². The van der Waals surface area contributed by atoms with E-state index in [1.54, 1.807) is 0 Å². The van der Waals surface area contributed by atoms with Crippen LogP contribution in [0, 0.1) is 19.8 Å². The fraction of sp³-hybridized carbons (Fsp3) is 0.765. The third kappa shape index (κ3) is 3.28. The van der Waals surface area contributed by atoms with Crippen molar-refractivity contribution in [2.75, 3.05) is 39.4 Å². The van der Waals surface area contributed by atoms with Gasteiger partial charge in [0.05, 0.1) is 18.9 Å². The fourth-order valence-electron chi connectivity index (χ4n) is 3.92. The van der Waals surface area contributed by atoms with E-state index in [1.807, 2.05) is 36.4 Å². The molecule has 0 radical (unpaired) electrons. The van der Waals surface area contributed by atoms with Gasteiger partial charge in [0.15, 0.2) is 0 Å². The summed E-state index contributed by atoms with van der Waals surface area (Å²) >= 11 is 0. The van der Waals surface area contributed by atoms with Crippen LogP contribution in [0.4, 0.5) is 0 Å². The quantitative estimate of drug-likeness (QED) is 0.841. The highest BCUT2D eigenvalue weighted by Gasteiger charge is 2.38. The van der Waals surface area contributed by atoms with Gasteiger partial charge in [-0.3, -0.25) is 14.4 Å². The first-order valence-corrected chi connectivity index (χ1v) is 8.60. The minimum Gasteiger partial charge on any atom is -0.379 e. The van der Waals surface area contributed by atoms with Crippen LogP contribution in [-0.4, -0.2) is 70.9 Å². The number of ether oxygens (including phenoxy) is 1. The fourth-order valence-corrected chi connectivity index (χ4v) is 3.92. The number of nitrogens with zero attached hydrogens (tertiary/aromatic N) is 4. The molecule has 0 saturated carbocycles. The van der Waals surface area contributed by atoms with Crippen LogP contribution in [0.5, 0.6) is 0 Å². The van der Waals surface area contributed by atoms with E-state index in [1.165, 1.54) is 0 Å². The lowest BCUT2D eigenvalue weighted by Gasteiger charge is -2.34. The molecule has 0 spiro atoms. The van der Waals surface area contributed by atoms with E-state index in [9.17, 15) is 4.79 Å². The summed E-state index contributed by atoms with van der Waals surface area (Å²) in [7, 11) is 0. The number of carbonyl (C=O) groups is 1. The molecule has 0 unspecified atom stereocenters. The summed E-state index contributed by atoms with van der Waals surface area (Å²) in [5.74, 6) is 0.684. The Morgan fingerprint density at radius 3 is 2.61 bits per heavy atom. The van der Waals surface area contributed by atoms with Crippen molar-refractivity contribution in [2.45, 2.75) is 39.8 Å². The van der Waals surface area contributed by atoms with E-state index >= 15 is 0 Å². The lowest BCUT2D eigenvalue weighted by Crippen LogP contribution is -2.47. The molecule has 128 valence electrons. The second kappa shape index (κ2) is 6.61. The number of aryl methyl sites for hydroxylation is 2. The lowest BCUT2D eigenvalue weighted by atomic mass is 10.0. The molecule has 3 heterocycles. The van der Waals surface area contributed by atoms with Gasteiger partial charge in [-0.1, -0.05) is 6.92 Å². The van der Waals surface area contributed by atoms with Crippen LogP contribution < -0.4 is 0 Å². The molecular weight excluding hydrogens is 292 g/mol. The van der Waals surface area contributed by atoms with Gasteiger partial charge in [0.1, 0.15) is 6.04 Å². The summed E-state index contributed by atoms with van der Waals surface area (Å²) in [6.45, 7) is 13.4. The topological polar surface area (TPSA) is 50.6 Å². The van der Waals surface area contributed by atoms with E-state index in [0.29, 0.717) is 12.0 Å². The standard InChI is InChI=1S/C17H28N4O2/c1-12-10-20(11-16(12)19-5-7-23-8-6-19)17(22)15(4)21-14(3)9-13(2)18-21/h9,12,15-16H,5-8,10-11H2,1-4H3/t12-,15-,16-/m1/s1. The van der Waals surface area contributed by atoms with Gasteiger partial charge in [-0.15, -0.1) is 0 Å². The average Bonchev–Trinajstić information content (AvgIpc) is 3.09. The Bertz CT molecular complexity index is 565. The molecule has 1 aromatic heterocycles. The molecule has 2 aliphatic heterocycles. The summed E-state index contributed by atoms with van der Waals surface area (Å²) in [5, 5.41) is 4.47. The van der Waals surface area contributed by atoms with Crippen LogP contribution in [-0.2, 0) is 9.53 Å². The normalized spacial score (nSPS) is 27.4. The Labute approximate surface area is 138 Å². The monoisotopic (exact) mass is 320 g/mol. The molecule has 6 heteroatoms. The Hall–Kier alpha value is -1.40. The van der Waals surface area contributed by atoms with Crippen LogP contribution in [0.25, 0.3) is 0 Å². The van der Waals surface area contributed by atoms with Crippen molar-refractivity contribution >= 4 is 5.91 Å². The zero-order valence-electron chi connectivity index (χ0n) is 14.7. The van der Waals surface area contributed by atoms with E-state index in [-0.39, 0.29) is 11.9 Å². The van der Waals surface area contributed by atoms with E-state index in [0.717, 1.165) is 50.8 Å². The molecule has 3 atom stereocenters. The molecule has 0 aromatic carbocycles. The minimum atomic E-state index is -0.237. The predicted octanol–water partition coefficient (Wildman–Crippen LogP) is 1.24. The molecular formula is C17H28N4O2. The maximum atomic E-state index is 12.9. The molecule has 1 amide bonds. The Morgan fingerprint density at radius 1 is 1.30 bits per heavy atom. The molecule has 23 heavy (non-hydrogen) atoms. The minimum absolute atomic E-state index is 0.179. The summed E-state index contributed by atoms with van der Waals surface area (Å²) < 4.78 is 7.30. The van der Waals surface area contributed by atoms with Crippen LogP contribution in [0.2, 0.25) is 0 Å². The summed E-state index contributed by atoms with van der Waals surface area (Å²) in [4.78, 5) is 17.4. The number of hydrogen-bond acceptors (Lipinski definition) is 4. The first kappa shape index (κ1) is 16.5. The van der Waals surface area contributed by atoms with Gasteiger partial charge in [-0.25, -0.2) is 0 Å². The highest BCUT2D eigenvalue weighted by molar-refractivity contribution is 5.80. The maximum absolute atomic E-state index is 12.9. The van der Waals surface area contributed by atoms with Gasteiger partial charge in [-0.05, 0) is 32.8 Å². The van der Waals surface area contributed by atoms with Crippen molar-refractivity contribution < 1.29 is 9.53 Å². The van der Waals surface area contributed by atoms with Gasteiger partial charge in [0, 0.05) is 37.9 Å². The number of likely N-dealkylation sites (tertiary alicyclic amines) is 1. The van der Waals surface area contributed by atoms with Crippen molar-refractivity contribution in [3.63, 3.8) is 0 Å². The Morgan fingerprint density at radius 2 is 2.00 bits per heavy atom. The molecule has 0 aliphatic carbocycles. The third-order valence-electron chi connectivity index (χ3n) is 5.17. The second-order valence-corrected chi connectivity index (χ2v) is 6.98.